The lowest BCUT2D eigenvalue weighted by atomic mass is 9.56. The number of nitriles is 1. The van der Waals surface area contributed by atoms with Gasteiger partial charge in [-0.25, -0.2) is 4.39 Å². The normalized spacial score (nSPS) is 23.0. The van der Waals surface area contributed by atoms with Gasteiger partial charge in [-0.2, -0.15) is 5.26 Å². The lowest BCUT2D eigenvalue weighted by molar-refractivity contribution is -0.0964. The Bertz CT molecular complexity index is 551. The van der Waals surface area contributed by atoms with Gasteiger partial charge in [-0.3, -0.25) is 0 Å². The van der Waals surface area contributed by atoms with E-state index in [9.17, 15) is 14.8 Å². The maximum Gasteiger partial charge on any atom is 0.129 e. The molecular weight excluding hydrogens is 265 g/mol. The molecule has 0 bridgehead atoms. The zero-order valence-corrected chi connectivity index (χ0v) is 13.1. The van der Waals surface area contributed by atoms with Crippen LogP contribution in [0.15, 0.2) is 24.3 Å². The first-order valence-corrected chi connectivity index (χ1v) is 7.69. The van der Waals surface area contributed by atoms with Crippen molar-refractivity contribution in [2.45, 2.75) is 58.5 Å². The third kappa shape index (κ3) is 2.58. The van der Waals surface area contributed by atoms with Gasteiger partial charge in [0, 0.05) is 5.56 Å². The van der Waals surface area contributed by atoms with E-state index >= 15 is 0 Å². The number of hydrogen-bond acceptors (Lipinski definition) is 2. The number of hydrogen-bond donors (Lipinski definition) is 1. The summed E-state index contributed by atoms with van der Waals surface area (Å²) < 4.78 is 14.2. The highest BCUT2D eigenvalue weighted by atomic mass is 19.1. The number of aliphatic hydroxyl groups is 1. The van der Waals surface area contributed by atoms with E-state index in [1.54, 1.807) is 18.2 Å². The molecular formula is C18H24FNO. The van der Waals surface area contributed by atoms with Crippen molar-refractivity contribution in [1.29, 1.82) is 5.26 Å². The summed E-state index contributed by atoms with van der Waals surface area (Å²) in [6.45, 7) is 6.19. The van der Waals surface area contributed by atoms with Crippen LogP contribution in [0, 0.1) is 28.0 Å². The zero-order chi connectivity index (χ0) is 15.7. The third-order valence-corrected chi connectivity index (χ3v) is 5.29. The minimum absolute atomic E-state index is 0.185. The number of rotatable bonds is 3. The van der Waals surface area contributed by atoms with E-state index in [2.05, 4.69) is 19.9 Å². The second-order valence-corrected chi connectivity index (χ2v) is 7.05. The Morgan fingerprint density at radius 2 is 1.81 bits per heavy atom. The van der Waals surface area contributed by atoms with Gasteiger partial charge in [0.15, 0.2) is 0 Å². The van der Waals surface area contributed by atoms with E-state index in [4.69, 9.17) is 0 Å². The highest BCUT2D eigenvalue weighted by Gasteiger charge is 2.54. The van der Waals surface area contributed by atoms with E-state index in [1.807, 2.05) is 6.92 Å². The largest absolute Gasteiger partial charge is 0.383 e. The molecule has 0 amide bonds. The minimum atomic E-state index is -1.43. The molecule has 1 aliphatic carbocycles. The number of halogens is 1. The van der Waals surface area contributed by atoms with Crippen molar-refractivity contribution in [3.05, 3.63) is 35.6 Å². The van der Waals surface area contributed by atoms with Crippen LogP contribution in [0.2, 0.25) is 0 Å². The van der Waals surface area contributed by atoms with Crippen molar-refractivity contribution in [2.24, 2.45) is 10.8 Å². The van der Waals surface area contributed by atoms with Gasteiger partial charge in [0.05, 0.1) is 11.5 Å². The fourth-order valence-electron chi connectivity index (χ4n) is 3.55. The second kappa shape index (κ2) is 5.42. The Balaban J connectivity index is 2.48. The molecule has 1 N–H and O–H groups in total. The smallest absolute Gasteiger partial charge is 0.129 e. The Labute approximate surface area is 126 Å². The summed E-state index contributed by atoms with van der Waals surface area (Å²) in [6.07, 6.45) is 3.29. The summed E-state index contributed by atoms with van der Waals surface area (Å²) in [5.74, 6) is -0.429. The topological polar surface area (TPSA) is 44.0 Å². The van der Waals surface area contributed by atoms with Crippen molar-refractivity contribution < 1.29 is 9.50 Å². The molecule has 1 aliphatic rings. The van der Waals surface area contributed by atoms with Crippen LogP contribution in [0.4, 0.5) is 4.39 Å². The highest BCUT2D eigenvalue weighted by Crippen LogP contribution is 2.55. The Hall–Kier alpha value is -1.40. The van der Waals surface area contributed by atoms with Gasteiger partial charge >= 0.3 is 0 Å². The van der Waals surface area contributed by atoms with Crippen LogP contribution < -0.4 is 0 Å². The molecule has 3 heteroatoms. The average molecular weight is 289 g/mol. The van der Waals surface area contributed by atoms with Crippen LogP contribution >= 0.6 is 0 Å². The molecule has 0 radical (unpaired) electrons. The van der Waals surface area contributed by atoms with Gasteiger partial charge in [-0.1, -0.05) is 39.0 Å². The molecule has 0 heterocycles. The van der Waals surface area contributed by atoms with Gasteiger partial charge < -0.3 is 5.11 Å². The fourth-order valence-corrected chi connectivity index (χ4v) is 3.55. The lowest BCUT2D eigenvalue weighted by Gasteiger charge is -2.48. The molecule has 0 saturated heterocycles. The monoisotopic (exact) mass is 289 g/mol. The van der Waals surface area contributed by atoms with E-state index in [-0.39, 0.29) is 11.0 Å². The Morgan fingerprint density at radius 3 is 2.29 bits per heavy atom. The molecule has 1 saturated carbocycles. The van der Waals surface area contributed by atoms with Crippen molar-refractivity contribution in [1.82, 2.24) is 0 Å². The van der Waals surface area contributed by atoms with Gasteiger partial charge in [0.1, 0.15) is 11.4 Å². The van der Waals surface area contributed by atoms with Crippen LogP contribution in [0.1, 0.15) is 58.4 Å². The SMILES string of the molecule is CCC(O)(c1ccccc1F)C1(C#N)CCC(C)(C)CC1. The number of nitrogens with zero attached hydrogens (tertiary/aromatic N) is 1. The van der Waals surface area contributed by atoms with Gasteiger partial charge in [0.25, 0.3) is 0 Å². The van der Waals surface area contributed by atoms with E-state index < -0.39 is 16.8 Å². The van der Waals surface area contributed by atoms with E-state index in [0.29, 0.717) is 19.3 Å². The Morgan fingerprint density at radius 1 is 1.24 bits per heavy atom. The predicted molar refractivity (Wildman–Crippen MR) is 80.9 cm³/mol. The van der Waals surface area contributed by atoms with Crippen molar-refractivity contribution in [3.8, 4) is 6.07 Å². The van der Waals surface area contributed by atoms with E-state index in [1.165, 1.54) is 6.07 Å². The van der Waals surface area contributed by atoms with Crippen LogP contribution in [0.3, 0.4) is 0 Å². The van der Waals surface area contributed by atoms with E-state index in [0.717, 1.165) is 12.8 Å². The molecule has 1 atom stereocenters. The zero-order valence-electron chi connectivity index (χ0n) is 13.1. The molecule has 21 heavy (non-hydrogen) atoms. The van der Waals surface area contributed by atoms with Crippen LogP contribution in [0.5, 0.6) is 0 Å². The highest BCUT2D eigenvalue weighted by molar-refractivity contribution is 5.31. The first kappa shape index (κ1) is 16.0. The summed E-state index contributed by atoms with van der Waals surface area (Å²) in [7, 11) is 0. The maximum absolute atomic E-state index is 14.2. The standard InChI is InChI=1S/C18H24FNO/c1-4-18(21,14-7-5-6-8-15(14)19)17(13-20)11-9-16(2,3)10-12-17/h5-8,21H,4,9-12H2,1-3H3. The Kier molecular flexibility index (Phi) is 4.13. The lowest BCUT2D eigenvalue weighted by Crippen LogP contribution is -2.48. The molecule has 1 fully saturated rings. The first-order valence-electron chi connectivity index (χ1n) is 7.69. The molecule has 114 valence electrons. The number of benzene rings is 1. The van der Waals surface area contributed by atoms with Crippen LogP contribution in [-0.2, 0) is 5.60 Å². The summed E-state index contributed by atoms with van der Waals surface area (Å²) in [6, 6.07) is 8.65. The molecule has 2 rings (SSSR count). The summed E-state index contributed by atoms with van der Waals surface area (Å²) in [5.41, 5.74) is -1.89. The molecule has 0 spiro atoms. The van der Waals surface area contributed by atoms with Gasteiger partial charge in [0.2, 0.25) is 0 Å². The predicted octanol–water partition coefficient (Wildman–Crippen LogP) is 4.53. The van der Waals surface area contributed by atoms with Crippen molar-refractivity contribution >= 4 is 0 Å². The maximum atomic E-state index is 14.2. The summed E-state index contributed by atoms with van der Waals surface area (Å²) >= 11 is 0. The van der Waals surface area contributed by atoms with Crippen LogP contribution in [0.25, 0.3) is 0 Å². The van der Waals surface area contributed by atoms with Crippen molar-refractivity contribution in [2.75, 3.05) is 0 Å². The molecule has 1 aromatic carbocycles. The third-order valence-electron chi connectivity index (χ3n) is 5.29. The molecule has 1 aromatic rings. The molecule has 1 unspecified atom stereocenters. The fraction of sp³-hybridized carbons (Fsp3) is 0.611. The minimum Gasteiger partial charge on any atom is -0.383 e. The molecule has 0 aromatic heterocycles. The second-order valence-electron chi connectivity index (χ2n) is 7.05. The first-order chi connectivity index (χ1) is 9.80. The van der Waals surface area contributed by atoms with Crippen LogP contribution in [-0.4, -0.2) is 5.11 Å². The molecule has 0 aliphatic heterocycles. The van der Waals surface area contributed by atoms with Gasteiger partial charge in [-0.05, 0) is 43.6 Å². The summed E-state index contributed by atoms with van der Waals surface area (Å²) in [4.78, 5) is 0. The summed E-state index contributed by atoms with van der Waals surface area (Å²) in [5, 5.41) is 21.1. The van der Waals surface area contributed by atoms with Gasteiger partial charge in [-0.15, -0.1) is 0 Å². The van der Waals surface area contributed by atoms with Crippen molar-refractivity contribution in [3.63, 3.8) is 0 Å². The molecule has 2 nitrogen and oxygen atoms in total. The quantitative estimate of drug-likeness (QED) is 0.888. The average Bonchev–Trinajstić information content (AvgIpc) is 2.47.